The zero-order valence-corrected chi connectivity index (χ0v) is 7.47. The molecule has 0 heterocycles. The zero-order valence-electron chi connectivity index (χ0n) is 6.65. The van der Waals surface area contributed by atoms with E-state index in [-0.39, 0.29) is 18.8 Å². The van der Waals surface area contributed by atoms with E-state index in [0.717, 1.165) is 0 Å². The monoisotopic (exact) mass is 190 g/mol. The molecule has 0 amide bonds. The molecule has 0 aliphatic heterocycles. The number of halogens is 1. The Hall–Kier alpha value is -1.05. The van der Waals surface area contributed by atoms with Crippen molar-refractivity contribution in [2.24, 2.45) is 5.73 Å². The van der Waals surface area contributed by atoms with Crippen LogP contribution in [0.25, 0.3) is 0 Å². The quantitative estimate of drug-likeness (QED) is 0.641. The lowest BCUT2D eigenvalue weighted by Crippen LogP contribution is -2.42. The molecule has 1 unspecified atom stereocenters. The summed E-state index contributed by atoms with van der Waals surface area (Å²) in [7, 11) is 0. The summed E-state index contributed by atoms with van der Waals surface area (Å²) in [6, 6.07) is 1.84. The molecule has 68 valence electrons. The van der Waals surface area contributed by atoms with Crippen LogP contribution in [0.5, 0.6) is 0 Å². The summed E-state index contributed by atoms with van der Waals surface area (Å²) in [6.07, 6.45) is 2.92. The average Bonchev–Trinajstić information content (AvgIpc) is 1.88. The summed E-state index contributed by atoms with van der Waals surface area (Å²) in [5.41, 5.74) is 3.94. The maximum absolute atomic E-state index is 10.4. The molecule has 3 N–H and O–H groups in total. The van der Waals surface area contributed by atoms with Crippen molar-refractivity contribution in [3.63, 3.8) is 0 Å². The van der Waals surface area contributed by atoms with Gasteiger partial charge in [-0.3, -0.25) is 0 Å². The van der Waals surface area contributed by atoms with Gasteiger partial charge in [0.05, 0.1) is 12.5 Å². The van der Waals surface area contributed by atoms with Gasteiger partial charge in [0.2, 0.25) is 0 Å². The SMILES string of the molecule is CC(N)(C=CCC#N)C(=O)O.Cl. The van der Waals surface area contributed by atoms with Crippen LogP contribution >= 0.6 is 12.4 Å². The molecule has 0 aromatic carbocycles. The highest BCUT2D eigenvalue weighted by Gasteiger charge is 2.23. The predicted molar refractivity (Wildman–Crippen MR) is 46.8 cm³/mol. The predicted octanol–water partition coefficient (Wildman–Crippen LogP) is 0.680. The second-order valence-corrected chi connectivity index (χ2v) is 2.35. The number of allylic oxidation sites excluding steroid dienone is 1. The third-order valence-electron chi connectivity index (χ3n) is 1.13. The number of carboxylic acid groups (broad SMARTS) is 1. The number of nitrogens with two attached hydrogens (primary N) is 1. The molecule has 0 aliphatic rings. The van der Waals surface area contributed by atoms with Crippen LogP contribution < -0.4 is 5.73 Å². The van der Waals surface area contributed by atoms with Crippen molar-refractivity contribution in [1.82, 2.24) is 0 Å². The molecule has 1 atom stereocenters. The topological polar surface area (TPSA) is 87.1 Å². The molecule has 5 heteroatoms. The molecular formula is C7H11ClN2O2. The molecule has 0 aromatic heterocycles. The minimum absolute atomic E-state index is 0. The first kappa shape index (κ1) is 13.5. The largest absolute Gasteiger partial charge is 0.480 e. The first-order valence-corrected chi connectivity index (χ1v) is 3.07. The van der Waals surface area contributed by atoms with Gasteiger partial charge in [-0.25, -0.2) is 4.79 Å². The number of hydrogen-bond donors (Lipinski definition) is 2. The van der Waals surface area contributed by atoms with E-state index in [4.69, 9.17) is 16.1 Å². The van der Waals surface area contributed by atoms with E-state index < -0.39 is 11.5 Å². The first-order valence-electron chi connectivity index (χ1n) is 3.07. The zero-order chi connectivity index (χ0) is 8.91. The molecular weight excluding hydrogens is 180 g/mol. The lowest BCUT2D eigenvalue weighted by atomic mass is 10.0. The third-order valence-corrected chi connectivity index (χ3v) is 1.13. The Morgan fingerprint density at radius 3 is 2.67 bits per heavy atom. The van der Waals surface area contributed by atoms with Crippen LogP contribution in [-0.4, -0.2) is 16.6 Å². The van der Waals surface area contributed by atoms with Crippen molar-refractivity contribution >= 4 is 18.4 Å². The number of hydrogen-bond acceptors (Lipinski definition) is 3. The van der Waals surface area contributed by atoms with Gasteiger partial charge in [-0.2, -0.15) is 5.26 Å². The maximum Gasteiger partial charge on any atom is 0.327 e. The number of carboxylic acids is 1. The van der Waals surface area contributed by atoms with Crippen molar-refractivity contribution in [2.75, 3.05) is 0 Å². The summed E-state index contributed by atoms with van der Waals surface area (Å²) in [5.74, 6) is -1.10. The fourth-order valence-corrected chi connectivity index (χ4v) is 0.428. The number of aliphatic carboxylic acids is 1. The summed E-state index contributed by atoms with van der Waals surface area (Å²) in [5, 5.41) is 16.6. The van der Waals surface area contributed by atoms with Crippen LogP contribution in [0.2, 0.25) is 0 Å². The van der Waals surface area contributed by atoms with E-state index in [2.05, 4.69) is 0 Å². The van der Waals surface area contributed by atoms with E-state index in [1.54, 1.807) is 0 Å². The van der Waals surface area contributed by atoms with Gasteiger partial charge in [-0.1, -0.05) is 12.2 Å². The Balaban J connectivity index is 0. The van der Waals surface area contributed by atoms with E-state index in [9.17, 15) is 4.79 Å². The van der Waals surface area contributed by atoms with Gasteiger partial charge in [0.15, 0.2) is 0 Å². The Morgan fingerprint density at radius 1 is 1.83 bits per heavy atom. The molecule has 0 fully saturated rings. The summed E-state index contributed by atoms with van der Waals surface area (Å²) in [4.78, 5) is 10.4. The van der Waals surface area contributed by atoms with Crippen LogP contribution in [-0.2, 0) is 4.79 Å². The third kappa shape index (κ3) is 4.72. The van der Waals surface area contributed by atoms with Gasteiger partial charge in [0, 0.05) is 0 Å². The van der Waals surface area contributed by atoms with Gasteiger partial charge in [-0.15, -0.1) is 12.4 Å². The van der Waals surface area contributed by atoms with Gasteiger partial charge >= 0.3 is 5.97 Å². The molecule has 0 aliphatic carbocycles. The average molecular weight is 191 g/mol. The highest BCUT2D eigenvalue weighted by molar-refractivity contribution is 5.85. The molecule has 0 saturated heterocycles. The number of nitrogens with zero attached hydrogens (tertiary/aromatic N) is 1. The van der Waals surface area contributed by atoms with E-state index in [0.29, 0.717) is 0 Å². The number of carbonyl (C=O) groups is 1. The van der Waals surface area contributed by atoms with Crippen LogP contribution in [0.4, 0.5) is 0 Å². The van der Waals surface area contributed by atoms with Crippen LogP contribution in [0.1, 0.15) is 13.3 Å². The molecule has 0 aromatic rings. The normalized spacial score (nSPS) is 14.4. The van der Waals surface area contributed by atoms with Crippen LogP contribution in [0.15, 0.2) is 12.2 Å². The fraction of sp³-hybridized carbons (Fsp3) is 0.429. The second kappa shape index (κ2) is 5.58. The molecule has 0 rings (SSSR count). The highest BCUT2D eigenvalue weighted by atomic mass is 35.5. The van der Waals surface area contributed by atoms with Crippen LogP contribution in [0, 0.1) is 11.3 Å². The van der Waals surface area contributed by atoms with Crippen LogP contribution in [0.3, 0.4) is 0 Å². The van der Waals surface area contributed by atoms with Crippen molar-refractivity contribution in [3.8, 4) is 6.07 Å². The summed E-state index contributed by atoms with van der Waals surface area (Å²) < 4.78 is 0. The van der Waals surface area contributed by atoms with E-state index in [1.165, 1.54) is 19.1 Å². The Kier molecular flexibility index (Phi) is 6.29. The van der Waals surface area contributed by atoms with Crippen molar-refractivity contribution in [1.29, 1.82) is 5.26 Å². The highest BCUT2D eigenvalue weighted by Crippen LogP contribution is 2.01. The lowest BCUT2D eigenvalue weighted by molar-refractivity contribution is -0.140. The maximum atomic E-state index is 10.4. The summed E-state index contributed by atoms with van der Waals surface area (Å²) in [6.45, 7) is 1.36. The Morgan fingerprint density at radius 2 is 2.33 bits per heavy atom. The molecule has 4 nitrogen and oxygen atoms in total. The Bertz CT molecular complexity index is 218. The molecule has 12 heavy (non-hydrogen) atoms. The number of rotatable bonds is 3. The smallest absolute Gasteiger partial charge is 0.327 e. The molecule has 0 saturated carbocycles. The van der Waals surface area contributed by atoms with Gasteiger partial charge in [-0.05, 0) is 6.92 Å². The molecule has 0 spiro atoms. The molecule has 0 radical (unpaired) electrons. The van der Waals surface area contributed by atoms with E-state index >= 15 is 0 Å². The van der Waals surface area contributed by atoms with Gasteiger partial charge < -0.3 is 10.8 Å². The summed E-state index contributed by atoms with van der Waals surface area (Å²) >= 11 is 0. The minimum Gasteiger partial charge on any atom is -0.480 e. The standard InChI is InChI=1S/C7H10N2O2.ClH/c1-7(9,6(10)11)4-2-3-5-8;/h2,4H,3,9H2,1H3,(H,10,11);1H. The van der Waals surface area contributed by atoms with Crippen molar-refractivity contribution < 1.29 is 9.90 Å². The number of nitriles is 1. The second-order valence-electron chi connectivity index (χ2n) is 2.35. The fourth-order valence-electron chi connectivity index (χ4n) is 0.428. The van der Waals surface area contributed by atoms with E-state index in [1.807, 2.05) is 6.07 Å². The minimum atomic E-state index is -1.36. The van der Waals surface area contributed by atoms with Gasteiger partial charge in [0.1, 0.15) is 5.54 Å². The van der Waals surface area contributed by atoms with Crippen molar-refractivity contribution in [2.45, 2.75) is 18.9 Å². The Labute approximate surface area is 77.1 Å². The lowest BCUT2D eigenvalue weighted by Gasteiger charge is -2.12. The molecule has 0 bridgehead atoms. The van der Waals surface area contributed by atoms with Gasteiger partial charge in [0.25, 0.3) is 0 Å². The first-order chi connectivity index (χ1) is 5.00. The van der Waals surface area contributed by atoms with Crippen molar-refractivity contribution in [3.05, 3.63) is 12.2 Å².